The summed E-state index contributed by atoms with van der Waals surface area (Å²) in [7, 11) is 0. The fraction of sp³-hybridized carbons (Fsp3) is 0.412. The number of thiazole rings is 1. The Morgan fingerprint density at radius 3 is 3.00 bits per heavy atom. The number of amides is 1. The first kappa shape index (κ1) is 14.9. The number of hydrogen-bond acceptors (Lipinski definition) is 4. The van der Waals surface area contributed by atoms with Crippen LogP contribution < -0.4 is 0 Å². The molecule has 0 saturated carbocycles. The Bertz CT molecular complexity index is 849. The van der Waals surface area contributed by atoms with E-state index in [1.807, 2.05) is 29.3 Å². The van der Waals surface area contributed by atoms with Gasteiger partial charge in [0.2, 0.25) is 0 Å². The van der Waals surface area contributed by atoms with E-state index >= 15 is 0 Å². The van der Waals surface area contributed by atoms with E-state index in [1.54, 1.807) is 11.3 Å². The zero-order valence-corrected chi connectivity index (χ0v) is 14.9. The number of piperidine rings is 1. The van der Waals surface area contributed by atoms with Crippen molar-refractivity contribution in [2.45, 2.75) is 32.1 Å². The largest absolute Gasteiger partial charge is 0.337 e. The van der Waals surface area contributed by atoms with Crippen LogP contribution in [0.5, 0.6) is 0 Å². The summed E-state index contributed by atoms with van der Waals surface area (Å²) in [5, 5.41) is 4.07. The third-order valence-electron chi connectivity index (χ3n) is 4.72. The molecule has 4 rings (SSSR count). The molecule has 120 valence electrons. The standard InChI is InChI=1S/C17H19N3OS2/c1-12-18-14(16-20(12)8-10-23-16)17(2)6-4-7-19(11-17)15(21)13-5-3-9-22-13/h3,5,8-10H,4,6-7,11H2,1-2H3/t17-/m0/s1. The number of aryl methyl sites for hydroxylation is 1. The maximum Gasteiger partial charge on any atom is 0.263 e. The van der Waals surface area contributed by atoms with Gasteiger partial charge in [-0.25, -0.2) is 4.98 Å². The third-order valence-corrected chi connectivity index (χ3v) is 6.45. The van der Waals surface area contributed by atoms with Gasteiger partial charge >= 0.3 is 0 Å². The van der Waals surface area contributed by atoms with E-state index in [9.17, 15) is 4.79 Å². The van der Waals surface area contributed by atoms with E-state index in [0.29, 0.717) is 0 Å². The zero-order valence-electron chi connectivity index (χ0n) is 13.3. The molecule has 0 N–H and O–H groups in total. The Morgan fingerprint density at radius 2 is 2.22 bits per heavy atom. The summed E-state index contributed by atoms with van der Waals surface area (Å²) < 4.78 is 2.16. The van der Waals surface area contributed by atoms with Crippen LogP contribution in [-0.2, 0) is 5.41 Å². The van der Waals surface area contributed by atoms with Crippen LogP contribution >= 0.6 is 22.7 Å². The Kier molecular flexibility index (Phi) is 3.54. The van der Waals surface area contributed by atoms with Crippen LogP contribution in [0.15, 0.2) is 29.1 Å². The second kappa shape index (κ2) is 5.46. The Balaban J connectivity index is 1.68. The molecule has 0 unspecified atom stereocenters. The molecule has 0 aliphatic carbocycles. The van der Waals surface area contributed by atoms with E-state index in [0.717, 1.165) is 42.3 Å². The molecule has 4 heterocycles. The lowest BCUT2D eigenvalue weighted by Crippen LogP contribution is -2.47. The van der Waals surface area contributed by atoms with Gasteiger partial charge in [0, 0.05) is 30.1 Å². The fourth-order valence-electron chi connectivity index (χ4n) is 3.52. The van der Waals surface area contributed by atoms with Gasteiger partial charge in [0.25, 0.3) is 5.91 Å². The van der Waals surface area contributed by atoms with E-state index in [4.69, 9.17) is 4.98 Å². The smallest absolute Gasteiger partial charge is 0.263 e. The van der Waals surface area contributed by atoms with Crippen molar-refractivity contribution in [3.05, 3.63) is 45.5 Å². The van der Waals surface area contributed by atoms with Crippen LogP contribution in [0.2, 0.25) is 0 Å². The molecular formula is C17H19N3OS2. The van der Waals surface area contributed by atoms with E-state index in [-0.39, 0.29) is 11.3 Å². The zero-order chi connectivity index (χ0) is 16.0. The molecule has 3 aromatic heterocycles. The first-order valence-corrected chi connectivity index (χ1v) is 9.60. The molecule has 23 heavy (non-hydrogen) atoms. The molecule has 1 saturated heterocycles. The van der Waals surface area contributed by atoms with Crippen molar-refractivity contribution in [1.29, 1.82) is 0 Å². The fourth-order valence-corrected chi connectivity index (χ4v) is 5.24. The second-order valence-electron chi connectivity index (χ2n) is 6.45. The van der Waals surface area contributed by atoms with E-state index in [2.05, 4.69) is 22.9 Å². The molecule has 4 nitrogen and oxygen atoms in total. The molecule has 1 amide bonds. The molecule has 1 fully saturated rings. The Hall–Kier alpha value is -1.66. The quantitative estimate of drug-likeness (QED) is 0.705. The van der Waals surface area contributed by atoms with Crippen molar-refractivity contribution in [1.82, 2.24) is 14.3 Å². The molecule has 6 heteroatoms. The number of carbonyl (C=O) groups is 1. The molecule has 1 atom stereocenters. The van der Waals surface area contributed by atoms with E-state index < -0.39 is 0 Å². The first-order chi connectivity index (χ1) is 11.1. The number of imidazole rings is 1. The van der Waals surface area contributed by atoms with Crippen LogP contribution in [0, 0.1) is 6.92 Å². The predicted molar refractivity (Wildman–Crippen MR) is 94.6 cm³/mol. The summed E-state index contributed by atoms with van der Waals surface area (Å²) in [4.78, 5) is 21.6. The summed E-state index contributed by atoms with van der Waals surface area (Å²) >= 11 is 3.25. The lowest BCUT2D eigenvalue weighted by molar-refractivity contribution is 0.0654. The Morgan fingerprint density at radius 1 is 1.35 bits per heavy atom. The monoisotopic (exact) mass is 345 g/mol. The van der Waals surface area contributed by atoms with Gasteiger partial charge in [0.1, 0.15) is 10.7 Å². The highest BCUT2D eigenvalue weighted by atomic mass is 32.1. The van der Waals surface area contributed by atoms with Gasteiger partial charge in [-0.1, -0.05) is 13.0 Å². The van der Waals surface area contributed by atoms with Gasteiger partial charge in [-0.05, 0) is 31.2 Å². The van der Waals surface area contributed by atoms with Crippen LogP contribution in [0.3, 0.4) is 0 Å². The number of nitrogens with zero attached hydrogens (tertiary/aromatic N) is 3. The summed E-state index contributed by atoms with van der Waals surface area (Å²) in [6.45, 7) is 5.88. The number of hydrogen-bond donors (Lipinski definition) is 0. The normalized spacial score (nSPS) is 21.9. The van der Waals surface area contributed by atoms with Gasteiger partial charge in [0.15, 0.2) is 0 Å². The lowest BCUT2D eigenvalue weighted by atomic mass is 9.79. The molecule has 1 aliphatic heterocycles. The molecule has 0 radical (unpaired) electrons. The van der Waals surface area contributed by atoms with Crippen molar-refractivity contribution in [2.75, 3.05) is 13.1 Å². The van der Waals surface area contributed by atoms with Crippen molar-refractivity contribution in [2.24, 2.45) is 0 Å². The van der Waals surface area contributed by atoms with Gasteiger partial charge in [-0.2, -0.15) is 0 Å². The first-order valence-electron chi connectivity index (χ1n) is 7.84. The second-order valence-corrected chi connectivity index (χ2v) is 8.30. The summed E-state index contributed by atoms with van der Waals surface area (Å²) in [6.07, 6.45) is 4.18. The molecule has 3 aromatic rings. The number of thiophene rings is 1. The minimum atomic E-state index is -0.0739. The average Bonchev–Trinajstić information content (AvgIpc) is 3.25. The number of fused-ring (bicyclic) bond motifs is 1. The maximum absolute atomic E-state index is 12.7. The lowest BCUT2D eigenvalue weighted by Gasteiger charge is -2.39. The topological polar surface area (TPSA) is 37.6 Å². The SMILES string of the molecule is Cc1nc([C@@]2(C)CCCN(C(=O)c3cccs3)C2)c2sccn12. The van der Waals surface area contributed by atoms with Crippen molar-refractivity contribution >= 4 is 33.4 Å². The van der Waals surface area contributed by atoms with Crippen molar-refractivity contribution in [3.8, 4) is 0 Å². The maximum atomic E-state index is 12.7. The third kappa shape index (κ3) is 2.40. The van der Waals surface area contributed by atoms with Crippen LogP contribution in [0.4, 0.5) is 0 Å². The molecule has 1 aliphatic rings. The number of rotatable bonds is 2. The molecule has 0 spiro atoms. The van der Waals surface area contributed by atoms with Crippen molar-refractivity contribution in [3.63, 3.8) is 0 Å². The van der Waals surface area contributed by atoms with Gasteiger partial charge in [-0.15, -0.1) is 22.7 Å². The highest BCUT2D eigenvalue weighted by molar-refractivity contribution is 7.15. The number of carbonyl (C=O) groups excluding carboxylic acids is 1. The number of aromatic nitrogens is 2. The molecule has 0 aromatic carbocycles. The minimum Gasteiger partial charge on any atom is -0.337 e. The summed E-state index contributed by atoms with van der Waals surface area (Å²) in [5.74, 6) is 1.18. The summed E-state index contributed by atoms with van der Waals surface area (Å²) in [6, 6.07) is 3.85. The van der Waals surface area contributed by atoms with Gasteiger partial charge < -0.3 is 4.90 Å². The van der Waals surface area contributed by atoms with E-state index in [1.165, 1.54) is 16.2 Å². The van der Waals surface area contributed by atoms with Crippen molar-refractivity contribution < 1.29 is 4.79 Å². The highest BCUT2D eigenvalue weighted by Gasteiger charge is 2.38. The summed E-state index contributed by atoms with van der Waals surface area (Å²) in [5.41, 5.74) is 1.07. The average molecular weight is 345 g/mol. The molecule has 0 bridgehead atoms. The van der Waals surface area contributed by atoms with Crippen LogP contribution in [0.25, 0.3) is 4.83 Å². The van der Waals surface area contributed by atoms with Crippen LogP contribution in [-0.4, -0.2) is 33.3 Å². The van der Waals surface area contributed by atoms with Crippen LogP contribution in [0.1, 0.15) is 41.0 Å². The minimum absolute atomic E-state index is 0.0739. The predicted octanol–water partition coefficient (Wildman–Crippen LogP) is 3.96. The van der Waals surface area contributed by atoms with Gasteiger partial charge in [-0.3, -0.25) is 9.20 Å². The highest BCUT2D eigenvalue weighted by Crippen LogP contribution is 2.37. The Labute approximate surface area is 143 Å². The van der Waals surface area contributed by atoms with Gasteiger partial charge in [0.05, 0.1) is 10.6 Å². The molecular weight excluding hydrogens is 326 g/mol. The number of likely N-dealkylation sites (tertiary alicyclic amines) is 1.